The summed E-state index contributed by atoms with van der Waals surface area (Å²) in [6, 6.07) is 7.61. The van der Waals surface area contributed by atoms with Gasteiger partial charge in [0.2, 0.25) is 0 Å². The van der Waals surface area contributed by atoms with Crippen LogP contribution in [0.1, 0.15) is 59.1 Å². The largest absolute Gasteiger partial charge is 0.444 e. The van der Waals surface area contributed by atoms with E-state index in [0.717, 1.165) is 23.8 Å². The second-order valence-electron chi connectivity index (χ2n) is 11.4. The van der Waals surface area contributed by atoms with Crippen molar-refractivity contribution < 1.29 is 26.6 Å². The molecule has 0 unspecified atom stereocenters. The average molecular weight is 500 g/mol. The van der Waals surface area contributed by atoms with E-state index in [-0.39, 0.29) is 24.0 Å². The van der Waals surface area contributed by atoms with Gasteiger partial charge >= 0.3 is 6.09 Å². The molecule has 1 aliphatic rings. The molecule has 188 valence electrons. The lowest BCUT2D eigenvalue weighted by atomic mass is 9.78. The van der Waals surface area contributed by atoms with Crippen LogP contribution in [0, 0.1) is 11.3 Å². The Morgan fingerprint density at radius 3 is 2.09 bits per heavy atom. The maximum Gasteiger partial charge on any atom is 0.412 e. The number of amides is 1. The molecule has 0 spiro atoms. The van der Waals surface area contributed by atoms with Crippen molar-refractivity contribution in [2.75, 3.05) is 12.8 Å². The van der Waals surface area contributed by atoms with Crippen molar-refractivity contribution in [3.05, 3.63) is 35.4 Å². The van der Waals surface area contributed by atoms with Gasteiger partial charge in [-0.2, -0.15) is 8.42 Å². The summed E-state index contributed by atoms with van der Waals surface area (Å²) < 4.78 is 39.9. The Labute approximate surface area is 201 Å². The fraction of sp³-hybridized carbons (Fsp3) is 0.708. The molecule has 1 fully saturated rings. The van der Waals surface area contributed by atoms with Crippen molar-refractivity contribution in [1.82, 2.24) is 4.90 Å². The zero-order chi connectivity index (χ0) is 25.2. The van der Waals surface area contributed by atoms with Gasteiger partial charge < -0.3 is 9.16 Å². The molecule has 2 rings (SSSR count). The van der Waals surface area contributed by atoms with Gasteiger partial charge in [-0.25, -0.2) is 4.79 Å². The molecule has 0 aromatic heterocycles. The lowest BCUT2D eigenvalue weighted by molar-refractivity contribution is -0.0677. The zero-order valence-corrected chi connectivity index (χ0v) is 23.6. The maximum atomic E-state index is 13.3. The molecular weight excluding hydrogens is 458 g/mol. The molecule has 9 heteroatoms. The second-order valence-corrected chi connectivity index (χ2v) is 15.4. The Morgan fingerprint density at radius 2 is 1.64 bits per heavy atom. The van der Waals surface area contributed by atoms with Gasteiger partial charge in [-0.15, -0.1) is 0 Å². The number of likely N-dealkylation sites (tertiary alicyclic amines) is 1. The van der Waals surface area contributed by atoms with Crippen LogP contribution in [0.2, 0.25) is 13.1 Å². The fourth-order valence-electron chi connectivity index (χ4n) is 4.09. The first-order valence-electron chi connectivity index (χ1n) is 11.5. The Morgan fingerprint density at radius 1 is 1.09 bits per heavy atom. The van der Waals surface area contributed by atoms with Crippen LogP contribution in [-0.2, 0) is 36.5 Å². The number of carbonyl (C=O) groups is 1. The van der Waals surface area contributed by atoms with E-state index in [1.807, 2.05) is 49.9 Å². The van der Waals surface area contributed by atoms with E-state index >= 15 is 0 Å². The first kappa shape index (κ1) is 27.8. The summed E-state index contributed by atoms with van der Waals surface area (Å²) in [4.78, 5) is 15.1. The predicted octanol–water partition coefficient (Wildman–Crippen LogP) is 4.70. The van der Waals surface area contributed by atoms with Crippen molar-refractivity contribution in [1.29, 1.82) is 0 Å². The average Bonchev–Trinajstić information content (AvgIpc) is 2.97. The van der Waals surface area contributed by atoms with Gasteiger partial charge in [-0.1, -0.05) is 45.0 Å². The SMILES string of the molecule is C[SiH](C)O[C@@]1(Cc2ccc(COS(C)(=O)=O)cc2)C[C@H](C(C)(C)C)CN1C(=O)OC(C)(C)C. The van der Waals surface area contributed by atoms with Crippen LogP contribution in [-0.4, -0.2) is 52.6 Å². The summed E-state index contributed by atoms with van der Waals surface area (Å²) in [5.74, 6) is 0.264. The lowest BCUT2D eigenvalue weighted by Gasteiger charge is -2.40. The molecule has 1 aromatic carbocycles. The van der Waals surface area contributed by atoms with Gasteiger partial charge in [0.15, 0.2) is 9.04 Å². The molecule has 1 aliphatic heterocycles. The molecule has 7 nitrogen and oxygen atoms in total. The van der Waals surface area contributed by atoms with Crippen molar-refractivity contribution in [2.24, 2.45) is 11.3 Å². The molecule has 1 amide bonds. The molecule has 0 bridgehead atoms. The van der Waals surface area contributed by atoms with Crippen LogP contribution in [0.15, 0.2) is 24.3 Å². The minimum atomic E-state index is -3.50. The molecule has 1 heterocycles. The van der Waals surface area contributed by atoms with Crippen LogP contribution in [0.25, 0.3) is 0 Å². The lowest BCUT2D eigenvalue weighted by Crippen LogP contribution is -2.54. The van der Waals surface area contributed by atoms with Gasteiger partial charge in [-0.05, 0) is 62.7 Å². The first-order chi connectivity index (χ1) is 14.9. The van der Waals surface area contributed by atoms with E-state index in [4.69, 9.17) is 13.3 Å². The van der Waals surface area contributed by atoms with E-state index in [2.05, 4.69) is 33.9 Å². The Hall–Kier alpha value is -1.42. The monoisotopic (exact) mass is 499 g/mol. The number of hydrogen-bond acceptors (Lipinski definition) is 6. The summed E-state index contributed by atoms with van der Waals surface area (Å²) in [7, 11) is -5.02. The Kier molecular flexibility index (Phi) is 8.48. The predicted molar refractivity (Wildman–Crippen MR) is 133 cm³/mol. The van der Waals surface area contributed by atoms with Crippen LogP contribution >= 0.6 is 0 Å². The summed E-state index contributed by atoms with van der Waals surface area (Å²) in [5.41, 5.74) is 0.415. The van der Waals surface area contributed by atoms with Crippen LogP contribution in [0.5, 0.6) is 0 Å². The normalized spacial score (nSPS) is 22.1. The second kappa shape index (κ2) is 10.1. The van der Waals surface area contributed by atoms with E-state index in [1.54, 1.807) is 0 Å². The van der Waals surface area contributed by atoms with Crippen LogP contribution in [0.4, 0.5) is 4.79 Å². The smallest absolute Gasteiger partial charge is 0.412 e. The molecule has 1 saturated heterocycles. The van der Waals surface area contributed by atoms with E-state index in [0.29, 0.717) is 13.0 Å². The number of carbonyl (C=O) groups excluding carboxylic acids is 1. The number of ether oxygens (including phenoxy) is 1. The first-order valence-corrected chi connectivity index (χ1v) is 16.1. The van der Waals surface area contributed by atoms with Gasteiger partial charge in [-0.3, -0.25) is 9.08 Å². The third-order valence-corrected chi connectivity index (χ3v) is 7.15. The standard InChI is InChI=1S/C24H41NO6SSi/c1-22(2,3)20-15-24(31-33(8)9,25(16-20)21(26)30-23(4,5)6)14-18-10-12-19(13-11-18)17-29-32(7,27)28/h10-13,20,33H,14-17H2,1-9H3/t20-,24-/m0/s1. The highest BCUT2D eigenvalue weighted by molar-refractivity contribution is 7.85. The minimum absolute atomic E-state index is 0.00417. The summed E-state index contributed by atoms with van der Waals surface area (Å²) in [6.07, 6.45) is 1.97. The fourth-order valence-corrected chi connectivity index (χ4v) is 5.63. The maximum absolute atomic E-state index is 13.3. The molecule has 1 aromatic rings. The number of benzene rings is 1. The van der Waals surface area contributed by atoms with Crippen LogP contribution < -0.4 is 0 Å². The quantitative estimate of drug-likeness (QED) is 0.399. The molecule has 0 N–H and O–H groups in total. The minimum Gasteiger partial charge on any atom is -0.444 e. The molecular formula is C24H41NO6SSi. The van der Waals surface area contributed by atoms with E-state index in [1.165, 1.54) is 0 Å². The number of nitrogens with zero attached hydrogens (tertiary/aromatic N) is 1. The third-order valence-electron chi connectivity index (χ3n) is 5.70. The highest BCUT2D eigenvalue weighted by Crippen LogP contribution is 2.45. The van der Waals surface area contributed by atoms with Crippen molar-refractivity contribution in [3.8, 4) is 0 Å². The van der Waals surface area contributed by atoms with Gasteiger partial charge in [0.25, 0.3) is 10.1 Å². The van der Waals surface area contributed by atoms with Crippen molar-refractivity contribution in [2.45, 2.75) is 85.4 Å². The van der Waals surface area contributed by atoms with Crippen LogP contribution in [0.3, 0.4) is 0 Å². The highest BCUT2D eigenvalue weighted by Gasteiger charge is 2.53. The van der Waals surface area contributed by atoms with E-state index in [9.17, 15) is 13.2 Å². The third kappa shape index (κ3) is 8.38. The van der Waals surface area contributed by atoms with E-state index < -0.39 is 30.5 Å². The van der Waals surface area contributed by atoms with Crippen molar-refractivity contribution >= 4 is 25.3 Å². The van der Waals surface area contributed by atoms with Crippen molar-refractivity contribution in [3.63, 3.8) is 0 Å². The zero-order valence-electron chi connectivity index (χ0n) is 21.6. The number of rotatable bonds is 7. The molecule has 0 aliphatic carbocycles. The van der Waals surface area contributed by atoms with Gasteiger partial charge in [0, 0.05) is 13.0 Å². The molecule has 0 radical (unpaired) electrons. The molecule has 33 heavy (non-hydrogen) atoms. The topological polar surface area (TPSA) is 82.1 Å². The summed E-state index contributed by atoms with van der Waals surface area (Å²) >= 11 is 0. The summed E-state index contributed by atoms with van der Waals surface area (Å²) in [5, 5.41) is 0. The Bertz CT molecular complexity index is 918. The van der Waals surface area contributed by atoms with Gasteiger partial charge in [0.05, 0.1) is 12.9 Å². The summed E-state index contributed by atoms with van der Waals surface area (Å²) in [6.45, 7) is 17.0. The van der Waals surface area contributed by atoms with Gasteiger partial charge in [0.1, 0.15) is 11.3 Å². The molecule has 2 atom stereocenters. The Balaban J connectivity index is 2.38. The highest BCUT2D eigenvalue weighted by atomic mass is 32.2. The number of hydrogen-bond donors (Lipinski definition) is 0. The molecule has 0 saturated carbocycles.